The largest absolute Gasteiger partial charge is 0.482 e. The third-order valence-electron chi connectivity index (χ3n) is 5.16. The first-order valence-electron chi connectivity index (χ1n) is 10.7. The molecule has 1 N–H and O–H groups in total. The minimum Gasteiger partial charge on any atom is -0.482 e. The van der Waals surface area contributed by atoms with Crippen LogP contribution in [0.5, 0.6) is 5.75 Å². The van der Waals surface area contributed by atoms with E-state index in [2.05, 4.69) is 6.92 Å². The Morgan fingerprint density at radius 3 is 2.32 bits per heavy atom. The lowest BCUT2D eigenvalue weighted by Gasteiger charge is -2.20. The summed E-state index contributed by atoms with van der Waals surface area (Å²) in [6.45, 7) is 9.65. The second-order valence-corrected chi connectivity index (χ2v) is 10.5. The molecular weight excluding hydrogens is 465 g/mol. The highest BCUT2D eigenvalue weighted by molar-refractivity contribution is 7.99. The highest BCUT2D eigenvalue weighted by atomic mass is 32.2. The molecule has 182 valence electrons. The maximum atomic E-state index is 12.9. The van der Waals surface area contributed by atoms with Crippen molar-refractivity contribution in [1.29, 1.82) is 0 Å². The van der Waals surface area contributed by atoms with Gasteiger partial charge in [-0.3, -0.25) is 0 Å². The Hall–Kier alpha value is -2.94. The van der Waals surface area contributed by atoms with Crippen LogP contribution in [0.2, 0.25) is 0 Å². The number of aromatic nitrogens is 2. The molecule has 0 saturated heterocycles. The van der Waals surface area contributed by atoms with Crippen LogP contribution >= 0.6 is 11.8 Å². The van der Waals surface area contributed by atoms with E-state index in [4.69, 9.17) is 14.9 Å². The number of thioether (sulfide) groups is 1. The topological polar surface area (TPSA) is 64.4 Å². The van der Waals surface area contributed by atoms with E-state index in [0.29, 0.717) is 11.4 Å². The summed E-state index contributed by atoms with van der Waals surface area (Å²) in [5, 5.41) is 13.5. The number of carboxylic acid groups (broad SMARTS) is 1. The van der Waals surface area contributed by atoms with Gasteiger partial charge in [-0.15, -0.1) is 11.8 Å². The number of benzene rings is 2. The molecule has 0 aliphatic heterocycles. The van der Waals surface area contributed by atoms with Crippen molar-refractivity contribution in [2.45, 2.75) is 56.4 Å². The predicted molar refractivity (Wildman–Crippen MR) is 126 cm³/mol. The Morgan fingerprint density at radius 2 is 1.79 bits per heavy atom. The Bertz CT molecular complexity index is 1170. The summed E-state index contributed by atoms with van der Waals surface area (Å²) in [7, 11) is 0. The van der Waals surface area contributed by atoms with Crippen molar-refractivity contribution in [3.63, 3.8) is 0 Å². The molecular formula is C25H27F3N2O3S. The number of hydrogen-bond donors (Lipinski definition) is 1. The zero-order chi connectivity index (χ0) is 25.3. The fourth-order valence-electron chi connectivity index (χ4n) is 3.47. The molecule has 1 atom stereocenters. The summed E-state index contributed by atoms with van der Waals surface area (Å²) in [6.07, 6.45) is -2.51. The van der Waals surface area contributed by atoms with Crippen molar-refractivity contribution in [2.24, 2.45) is 0 Å². The number of rotatable bonds is 7. The second-order valence-electron chi connectivity index (χ2n) is 9.04. The number of aryl methyl sites for hydroxylation is 1. The number of halogens is 3. The van der Waals surface area contributed by atoms with Gasteiger partial charge in [0.25, 0.3) is 0 Å². The molecule has 3 rings (SSSR count). The van der Waals surface area contributed by atoms with Crippen molar-refractivity contribution in [3.05, 3.63) is 71.0 Å². The van der Waals surface area contributed by atoms with Crippen molar-refractivity contribution >= 4 is 17.7 Å². The van der Waals surface area contributed by atoms with Crippen LogP contribution in [0.25, 0.3) is 5.69 Å². The molecule has 0 fully saturated rings. The summed E-state index contributed by atoms with van der Waals surface area (Å²) in [5.74, 6) is -0.517. The SMILES string of the molecule is Cc1cc(SC(C)c2cn(-c3ccc(C(F)(F)F)cc3)nc2C(C)(C)C)ccc1OCC(=O)O. The third-order valence-corrected chi connectivity index (χ3v) is 6.29. The summed E-state index contributed by atoms with van der Waals surface area (Å²) in [6, 6.07) is 10.5. The van der Waals surface area contributed by atoms with E-state index >= 15 is 0 Å². The van der Waals surface area contributed by atoms with Crippen LogP contribution in [0.1, 0.15) is 55.3 Å². The van der Waals surface area contributed by atoms with Crippen LogP contribution in [-0.2, 0) is 16.4 Å². The van der Waals surface area contributed by atoms with Crippen LogP contribution in [0.4, 0.5) is 13.2 Å². The van der Waals surface area contributed by atoms with E-state index < -0.39 is 24.3 Å². The van der Waals surface area contributed by atoms with E-state index in [1.807, 2.05) is 46.0 Å². The molecule has 0 bridgehead atoms. The summed E-state index contributed by atoms with van der Waals surface area (Å²) in [4.78, 5) is 11.7. The van der Waals surface area contributed by atoms with Gasteiger partial charge in [-0.2, -0.15) is 18.3 Å². The van der Waals surface area contributed by atoms with Crippen molar-refractivity contribution in [2.75, 3.05) is 6.61 Å². The van der Waals surface area contributed by atoms with Gasteiger partial charge in [-0.25, -0.2) is 9.48 Å². The average Bonchev–Trinajstić information content (AvgIpc) is 3.19. The molecule has 1 unspecified atom stereocenters. The van der Waals surface area contributed by atoms with Crippen LogP contribution in [0, 0.1) is 6.92 Å². The summed E-state index contributed by atoms with van der Waals surface area (Å²) < 4.78 is 45.7. The number of nitrogens with zero attached hydrogens (tertiary/aromatic N) is 2. The van der Waals surface area contributed by atoms with Gasteiger partial charge in [0.05, 0.1) is 16.9 Å². The molecule has 34 heavy (non-hydrogen) atoms. The molecule has 0 spiro atoms. The molecule has 0 aliphatic carbocycles. The van der Waals surface area contributed by atoms with Gasteiger partial charge in [0.1, 0.15) is 5.75 Å². The molecule has 2 aromatic carbocycles. The van der Waals surface area contributed by atoms with E-state index in [0.717, 1.165) is 33.8 Å². The molecule has 0 saturated carbocycles. The Labute approximate surface area is 200 Å². The quantitative estimate of drug-likeness (QED) is 0.367. The summed E-state index contributed by atoms with van der Waals surface area (Å²) >= 11 is 1.61. The van der Waals surface area contributed by atoms with Crippen molar-refractivity contribution < 1.29 is 27.8 Å². The molecule has 0 aliphatic rings. The number of carbonyl (C=O) groups is 1. The fraction of sp³-hybridized carbons (Fsp3) is 0.360. The van der Waals surface area contributed by atoms with Gasteiger partial charge in [0, 0.05) is 27.3 Å². The zero-order valence-corrected chi connectivity index (χ0v) is 20.4. The van der Waals surface area contributed by atoms with Gasteiger partial charge in [-0.05, 0) is 61.9 Å². The Kier molecular flexibility index (Phi) is 7.35. The van der Waals surface area contributed by atoms with E-state index in [1.54, 1.807) is 22.5 Å². The Morgan fingerprint density at radius 1 is 1.15 bits per heavy atom. The molecule has 0 amide bonds. The predicted octanol–water partition coefficient (Wildman–Crippen LogP) is 6.81. The number of hydrogen-bond acceptors (Lipinski definition) is 4. The molecule has 5 nitrogen and oxygen atoms in total. The van der Waals surface area contributed by atoms with E-state index in [1.165, 1.54) is 12.1 Å². The van der Waals surface area contributed by atoms with Gasteiger partial charge in [0.15, 0.2) is 6.61 Å². The van der Waals surface area contributed by atoms with Crippen LogP contribution < -0.4 is 4.74 Å². The number of ether oxygens (including phenoxy) is 1. The number of aliphatic carboxylic acids is 1. The van der Waals surface area contributed by atoms with Gasteiger partial charge in [0.2, 0.25) is 0 Å². The summed E-state index contributed by atoms with van der Waals surface area (Å²) in [5.41, 5.74) is 2.26. The first-order chi connectivity index (χ1) is 15.8. The van der Waals surface area contributed by atoms with Gasteiger partial charge in [-0.1, -0.05) is 20.8 Å². The number of alkyl halides is 3. The average molecular weight is 493 g/mol. The van der Waals surface area contributed by atoms with E-state index in [-0.39, 0.29) is 10.7 Å². The second kappa shape index (κ2) is 9.74. The molecule has 1 aromatic heterocycles. The maximum absolute atomic E-state index is 12.9. The van der Waals surface area contributed by atoms with Crippen LogP contribution in [-0.4, -0.2) is 27.5 Å². The lowest BCUT2D eigenvalue weighted by atomic mass is 9.89. The lowest BCUT2D eigenvalue weighted by molar-refractivity contribution is -0.139. The normalized spacial score (nSPS) is 13.1. The van der Waals surface area contributed by atoms with Gasteiger partial charge >= 0.3 is 12.1 Å². The Balaban J connectivity index is 1.88. The molecule has 1 heterocycles. The third kappa shape index (κ3) is 6.14. The maximum Gasteiger partial charge on any atom is 0.416 e. The highest BCUT2D eigenvalue weighted by Gasteiger charge is 2.30. The first-order valence-corrected chi connectivity index (χ1v) is 11.5. The van der Waals surface area contributed by atoms with Crippen LogP contribution in [0.3, 0.4) is 0 Å². The minimum atomic E-state index is -4.39. The number of carboxylic acids is 1. The van der Waals surface area contributed by atoms with Crippen molar-refractivity contribution in [1.82, 2.24) is 9.78 Å². The van der Waals surface area contributed by atoms with Crippen LogP contribution in [0.15, 0.2) is 53.6 Å². The highest BCUT2D eigenvalue weighted by Crippen LogP contribution is 2.41. The van der Waals surface area contributed by atoms with Crippen molar-refractivity contribution in [3.8, 4) is 11.4 Å². The zero-order valence-electron chi connectivity index (χ0n) is 19.6. The standard InChI is InChI=1S/C25H27F3N2O3S/c1-15-12-19(10-11-21(15)33-14-22(31)32)34-16(2)20-13-30(29-23(20)24(3,4)5)18-8-6-17(7-9-18)25(26,27)28/h6-13,16H,14H2,1-5H3,(H,31,32). The lowest BCUT2D eigenvalue weighted by Crippen LogP contribution is -2.15. The van der Waals surface area contributed by atoms with E-state index in [9.17, 15) is 18.0 Å². The smallest absolute Gasteiger partial charge is 0.416 e. The molecule has 9 heteroatoms. The monoisotopic (exact) mass is 492 g/mol. The molecule has 0 radical (unpaired) electrons. The fourth-order valence-corrected chi connectivity index (χ4v) is 4.57. The minimum absolute atomic E-state index is 0.00242. The van der Waals surface area contributed by atoms with Gasteiger partial charge < -0.3 is 9.84 Å². The first kappa shape index (κ1) is 25.7. The molecule has 3 aromatic rings.